The van der Waals surface area contributed by atoms with Crippen molar-refractivity contribution < 1.29 is 4.79 Å². The fourth-order valence-electron chi connectivity index (χ4n) is 1.94. The zero-order chi connectivity index (χ0) is 13.2. The lowest BCUT2D eigenvalue weighted by atomic mass is 10.2. The monoisotopic (exact) mass is 251 g/mol. The van der Waals surface area contributed by atoms with Crippen molar-refractivity contribution in [2.45, 2.75) is 6.92 Å². The van der Waals surface area contributed by atoms with Crippen LogP contribution in [0.3, 0.4) is 0 Å². The van der Waals surface area contributed by atoms with Crippen LogP contribution >= 0.6 is 0 Å². The van der Waals surface area contributed by atoms with Gasteiger partial charge in [0.05, 0.1) is 0 Å². The average molecular weight is 251 g/mol. The number of carbonyl (C=O) groups is 1. The number of aromatic nitrogens is 2. The number of hydrogen-bond acceptors (Lipinski definition) is 2. The third-order valence-electron chi connectivity index (χ3n) is 2.99. The minimum absolute atomic E-state index is 0.196. The fourth-order valence-corrected chi connectivity index (χ4v) is 1.94. The summed E-state index contributed by atoms with van der Waals surface area (Å²) in [6.07, 6.45) is 3.59. The van der Waals surface area contributed by atoms with Crippen molar-refractivity contribution in [2.75, 3.05) is 5.32 Å². The second-order valence-electron chi connectivity index (χ2n) is 4.36. The third-order valence-corrected chi connectivity index (χ3v) is 2.99. The van der Waals surface area contributed by atoms with Crippen LogP contribution in [0.15, 0.2) is 54.9 Å². The minimum atomic E-state index is -0.196. The van der Waals surface area contributed by atoms with E-state index in [0.717, 1.165) is 16.9 Å². The van der Waals surface area contributed by atoms with Crippen LogP contribution in [0.4, 0.5) is 5.69 Å². The van der Waals surface area contributed by atoms with Crippen LogP contribution in [0.25, 0.3) is 5.65 Å². The molecule has 0 fully saturated rings. The van der Waals surface area contributed by atoms with Gasteiger partial charge in [-0.15, -0.1) is 0 Å². The molecule has 2 aromatic heterocycles. The van der Waals surface area contributed by atoms with E-state index in [-0.39, 0.29) is 5.91 Å². The summed E-state index contributed by atoms with van der Waals surface area (Å²) in [5, 5.41) is 2.87. The molecular weight excluding hydrogens is 238 g/mol. The van der Waals surface area contributed by atoms with Crippen LogP contribution in [-0.2, 0) is 0 Å². The molecule has 3 aromatic rings. The van der Waals surface area contributed by atoms with Crippen LogP contribution < -0.4 is 5.32 Å². The van der Waals surface area contributed by atoms with E-state index in [1.807, 2.05) is 60.0 Å². The van der Waals surface area contributed by atoms with Gasteiger partial charge < -0.3 is 9.72 Å². The molecule has 0 radical (unpaired) electrons. The largest absolute Gasteiger partial charge is 0.320 e. The number of benzene rings is 1. The van der Waals surface area contributed by atoms with Crippen molar-refractivity contribution >= 4 is 17.2 Å². The van der Waals surface area contributed by atoms with Crippen LogP contribution in [0, 0.1) is 6.92 Å². The van der Waals surface area contributed by atoms with Gasteiger partial charge in [-0.2, -0.15) is 0 Å². The van der Waals surface area contributed by atoms with Gasteiger partial charge in [0.2, 0.25) is 0 Å². The first-order chi connectivity index (χ1) is 9.24. The Balaban J connectivity index is 1.90. The number of nitrogens with zero attached hydrogens (tertiary/aromatic N) is 2. The van der Waals surface area contributed by atoms with Crippen LogP contribution in [-0.4, -0.2) is 15.3 Å². The molecule has 0 saturated carbocycles. The summed E-state index contributed by atoms with van der Waals surface area (Å²) in [5.74, 6) is -0.196. The van der Waals surface area contributed by atoms with Crippen molar-refractivity contribution in [3.05, 3.63) is 66.1 Å². The first kappa shape index (κ1) is 11.5. The Morgan fingerprint density at radius 1 is 1.16 bits per heavy atom. The molecule has 0 spiro atoms. The van der Waals surface area contributed by atoms with E-state index in [4.69, 9.17) is 0 Å². The fraction of sp³-hybridized carbons (Fsp3) is 0.0667. The number of aryl methyl sites for hydroxylation is 1. The molecule has 2 heterocycles. The van der Waals surface area contributed by atoms with Crippen molar-refractivity contribution in [3.63, 3.8) is 0 Å². The van der Waals surface area contributed by atoms with Gasteiger partial charge in [-0.05, 0) is 30.7 Å². The highest BCUT2D eigenvalue weighted by atomic mass is 16.1. The molecule has 0 unspecified atom stereocenters. The summed E-state index contributed by atoms with van der Waals surface area (Å²) in [6, 6.07) is 13.3. The number of imidazole rings is 1. The van der Waals surface area contributed by atoms with Crippen molar-refractivity contribution in [1.29, 1.82) is 0 Å². The topological polar surface area (TPSA) is 46.4 Å². The number of para-hydroxylation sites is 1. The first-order valence-electron chi connectivity index (χ1n) is 6.05. The Bertz CT molecular complexity index is 713. The van der Waals surface area contributed by atoms with Gasteiger partial charge >= 0.3 is 0 Å². The molecule has 19 heavy (non-hydrogen) atoms. The smallest absolute Gasteiger partial charge is 0.275 e. The maximum atomic E-state index is 12.1. The van der Waals surface area contributed by atoms with E-state index in [0.29, 0.717) is 5.69 Å². The van der Waals surface area contributed by atoms with E-state index in [1.54, 1.807) is 6.20 Å². The molecule has 1 amide bonds. The Morgan fingerprint density at radius 2 is 1.95 bits per heavy atom. The molecule has 0 aliphatic carbocycles. The number of hydrogen-bond donors (Lipinski definition) is 1. The zero-order valence-corrected chi connectivity index (χ0v) is 10.5. The second-order valence-corrected chi connectivity index (χ2v) is 4.36. The van der Waals surface area contributed by atoms with Gasteiger partial charge in [-0.1, -0.05) is 24.3 Å². The summed E-state index contributed by atoms with van der Waals surface area (Å²) in [6.45, 7) is 1.96. The molecule has 94 valence electrons. The minimum Gasteiger partial charge on any atom is -0.320 e. The van der Waals surface area contributed by atoms with Crippen LogP contribution in [0.2, 0.25) is 0 Å². The number of rotatable bonds is 2. The number of fused-ring (bicyclic) bond motifs is 1. The maximum absolute atomic E-state index is 12.1. The molecule has 1 N–H and O–H groups in total. The van der Waals surface area contributed by atoms with Gasteiger partial charge in [0, 0.05) is 18.1 Å². The molecule has 0 aliphatic rings. The van der Waals surface area contributed by atoms with Crippen LogP contribution in [0.5, 0.6) is 0 Å². The summed E-state index contributed by atoms with van der Waals surface area (Å²) in [7, 11) is 0. The summed E-state index contributed by atoms with van der Waals surface area (Å²) in [4.78, 5) is 16.4. The Morgan fingerprint density at radius 3 is 2.74 bits per heavy atom. The molecule has 1 aromatic carbocycles. The number of amides is 1. The lowest BCUT2D eigenvalue weighted by Crippen LogP contribution is -2.13. The maximum Gasteiger partial charge on any atom is 0.275 e. The first-order valence-corrected chi connectivity index (χ1v) is 6.05. The van der Waals surface area contributed by atoms with E-state index < -0.39 is 0 Å². The molecule has 3 rings (SSSR count). The lowest BCUT2D eigenvalue weighted by molar-refractivity contribution is 0.102. The summed E-state index contributed by atoms with van der Waals surface area (Å²) in [5.41, 5.74) is 3.01. The second kappa shape index (κ2) is 4.57. The van der Waals surface area contributed by atoms with E-state index in [2.05, 4.69) is 10.3 Å². The van der Waals surface area contributed by atoms with E-state index in [9.17, 15) is 4.79 Å². The average Bonchev–Trinajstić information content (AvgIpc) is 2.85. The standard InChI is InChI=1S/C15H13N3O/c1-11-6-2-3-7-12(11)17-15(19)13-10-18-9-5-4-8-14(18)16-13/h2-10H,1H3,(H,17,19). The Hall–Kier alpha value is -2.62. The number of nitrogens with one attached hydrogen (secondary N) is 1. The number of pyridine rings is 1. The van der Waals surface area contributed by atoms with E-state index >= 15 is 0 Å². The molecular formula is C15H13N3O. The predicted molar refractivity (Wildman–Crippen MR) is 74.3 cm³/mol. The number of anilines is 1. The molecule has 4 heteroatoms. The number of carbonyl (C=O) groups excluding carboxylic acids is 1. The Labute approximate surface area is 110 Å². The molecule has 0 atom stereocenters. The highest BCUT2D eigenvalue weighted by molar-refractivity contribution is 6.03. The van der Waals surface area contributed by atoms with Crippen molar-refractivity contribution in [1.82, 2.24) is 9.38 Å². The lowest BCUT2D eigenvalue weighted by Gasteiger charge is -2.05. The molecule has 0 saturated heterocycles. The predicted octanol–water partition coefficient (Wildman–Crippen LogP) is 2.90. The van der Waals surface area contributed by atoms with Crippen LogP contribution in [0.1, 0.15) is 16.1 Å². The van der Waals surface area contributed by atoms with Gasteiger partial charge in [-0.25, -0.2) is 4.98 Å². The van der Waals surface area contributed by atoms with Gasteiger partial charge in [-0.3, -0.25) is 4.79 Å². The van der Waals surface area contributed by atoms with Gasteiger partial charge in [0.1, 0.15) is 11.3 Å². The summed E-state index contributed by atoms with van der Waals surface area (Å²) < 4.78 is 1.83. The normalized spacial score (nSPS) is 10.6. The highest BCUT2D eigenvalue weighted by Gasteiger charge is 2.11. The Kier molecular flexibility index (Phi) is 2.76. The van der Waals surface area contributed by atoms with E-state index in [1.165, 1.54) is 0 Å². The quantitative estimate of drug-likeness (QED) is 0.761. The molecule has 0 bridgehead atoms. The van der Waals surface area contributed by atoms with Crippen molar-refractivity contribution in [2.24, 2.45) is 0 Å². The zero-order valence-electron chi connectivity index (χ0n) is 10.5. The van der Waals surface area contributed by atoms with Gasteiger partial charge in [0.25, 0.3) is 5.91 Å². The molecule has 4 nitrogen and oxygen atoms in total. The van der Waals surface area contributed by atoms with Gasteiger partial charge in [0.15, 0.2) is 0 Å². The van der Waals surface area contributed by atoms with Crippen molar-refractivity contribution in [3.8, 4) is 0 Å². The highest BCUT2D eigenvalue weighted by Crippen LogP contribution is 2.14. The summed E-state index contributed by atoms with van der Waals surface area (Å²) >= 11 is 0. The SMILES string of the molecule is Cc1ccccc1NC(=O)c1cn2ccccc2n1. The third kappa shape index (κ3) is 2.20. The molecule has 0 aliphatic heterocycles.